The van der Waals surface area contributed by atoms with Gasteiger partial charge in [0.25, 0.3) is 5.91 Å². The molecule has 2 amide bonds. The Labute approximate surface area is 163 Å². The van der Waals surface area contributed by atoms with Crippen LogP contribution in [0.4, 0.5) is 4.39 Å². The van der Waals surface area contributed by atoms with Crippen LogP contribution in [-0.2, 0) is 4.79 Å². The molecule has 1 heterocycles. The molecule has 1 N–H and O–H groups in total. The number of nitrogens with zero attached hydrogens (tertiary/aromatic N) is 1. The van der Waals surface area contributed by atoms with Crippen LogP contribution in [0.3, 0.4) is 0 Å². The summed E-state index contributed by atoms with van der Waals surface area (Å²) in [7, 11) is 0. The topological polar surface area (TPSA) is 49.4 Å². The van der Waals surface area contributed by atoms with Crippen molar-refractivity contribution in [3.8, 4) is 0 Å². The molecule has 3 rings (SSSR count). The van der Waals surface area contributed by atoms with E-state index in [4.69, 9.17) is 0 Å². The Hall–Kier alpha value is -2.34. The SMILES string of the molecule is O=C(NC1CCN(C(=O)CCSc2ccc(F)cc2)CC1)c1ccccc1. The third-order valence-electron chi connectivity index (χ3n) is 4.62. The van der Waals surface area contributed by atoms with E-state index < -0.39 is 0 Å². The highest BCUT2D eigenvalue weighted by Gasteiger charge is 2.23. The van der Waals surface area contributed by atoms with Gasteiger partial charge in [0.05, 0.1) is 0 Å². The predicted octanol–water partition coefficient (Wildman–Crippen LogP) is 3.73. The van der Waals surface area contributed by atoms with Crippen LogP contribution >= 0.6 is 11.8 Å². The molecule has 0 atom stereocenters. The molecule has 142 valence electrons. The van der Waals surface area contributed by atoms with Crippen LogP contribution in [0.2, 0.25) is 0 Å². The number of thioether (sulfide) groups is 1. The molecule has 4 nitrogen and oxygen atoms in total. The van der Waals surface area contributed by atoms with E-state index in [0.717, 1.165) is 17.7 Å². The lowest BCUT2D eigenvalue weighted by molar-refractivity contribution is -0.131. The highest BCUT2D eigenvalue weighted by molar-refractivity contribution is 7.99. The van der Waals surface area contributed by atoms with E-state index in [1.54, 1.807) is 36.0 Å². The lowest BCUT2D eigenvalue weighted by Gasteiger charge is -2.32. The fourth-order valence-electron chi connectivity index (χ4n) is 3.08. The Bertz CT molecular complexity index is 760. The maximum atomic E-state index is 12.9. The van der Waals surface area contributed by atoms with Gasteiger partial charge in [-0.25, -0.2) is 4.39 Å². The van der Waals surface area contributed by atoms with Crippen molar-refractivity contribution in [3.63, 3.8) is 0 Å². The number of amides is 2. The van der Waals surface area contributed by atoms with E-state index in [1.165, 1.54) is 12.1 Å². The van der Waals surface area contributed by atoms with Crippen LogP contribution < -0.4 is 5.32 Å². The van der Waals surface area contributed by atoms with Gasteiger partial charge in [0.1, 0.15) is 5.82 Å². The molecule has 2 aromatic rings. The fraction of sp³-hybridized carbons (Fsp3) is 0.333. The normalized spacial score (nSPS) is 14.8. The average Bonchev–Trinajstić information content (AvgIpc) is 2.70. The van der Waals surface area contributed by atoms with Crippen LogP contribution in [0, 0.1) is 5.82 Å². The predicted molar refractivity (Wildman–Crippen MR) is 105 cm³/mol. The second kappa shape index (κ2) is 9.55. The van der Waals surface area contributed by atoms with Gasteiger partial charge in [-0.1, -0.05) is 18.2 Å². The zero-order valence-electron chi connectivity index (χ0n) is 15.1. The molecule has 27 heavy (non-hydrogen) atoms. The van der Waals surface area contributed by atoms with Gasteiger partial charge in [-0.3, -0.25) is 9.59 Å². The largest absolute Gasteiger partial charge is 0.349 e. The number of hydrogen-bond donors (Lipinski definition) is 1. The first-order valence-corrected chi connectivity index (χ1v) is 10.1. The quantitative estimate of drug-likeness (QED) is 0.770. The van der Waals surface area contributed by atoms with Crippen LogP contribution in [0.25, 0.3) is 0 Å². The summed E-state index contributed by atoms with van der Waals surface area (Å²) in [6.07, 6.45) is 2.01. The van der Waals surface area contributed by atoms with Crippen molar-refractivity contribution in [2.24, 2.45) is 0 Å². The van der Waals surface area contributed by atoms with Crippen molar-refractivity contribution in [2.45, 2.75) is 30.2 Å². The monoisotopic (exact) mass is 386 g/mol. The van der Waals surface area contributed by atoms with Gasteiger partial charge < -0.3 is 10.2 Å². The fourth-order valence-corrected chi connectivity index (χ4v) is 3.92. The van der Waals surface area contributed by atoms with Gasteiger partial charge in [-0.05, 0) is 49.2 Å². The Kier molecular flexibility index (Phi) is 6.87. The summed E-state index contributed by atoms with van der Waals surface area (Å²) in [6.45, 7) is 1.33. The second-order valence-corrected chi connectivity index (χ2v) is 7.72. The standard InChI is InChI=1S/C21H23FN2O2S/c22-17-6-8-19(9-7-17)27-15-12-20(25)24-13-10-18(11-14-24)23-21(26)16-4-2-1-3-5-16/h1-9,18H,10-15H2,(H,23,26). The van der Waals surface area contributed by atoms with Crippen LogP contribution in [0.1, 0.15) is 29.6 Å². The van der Waals surface area contributed by atoms with Crippen LogP contribution in [0.15, 0.2) is 59.5 Å². The molecule has 0 bridgehead atoms. The van der Waals surface area contributed by atoms with Gasteiger partial charge in [0, 0.05) is 41.8 Å². The number of likely N-dealkylation sites (tertiary alicyclic amines) is 1. The minimum absolute atomic E-state index is 0.0592. The number of nitrogens with one attached hydrogen (secondary N) is 1. The van der Waals surface area contributed by atoms with Gasteiger partial charge >= 0.3 is 0 Å². The first kappa shape index (κ1) is 19.4. The Morgan fingerprint density at radius 3 is 2.37 bits per heavy atom. The van der Waals surface area contributed by atoms with Crippen molar-refractivity contribution in [2.75, 3.05) is 18.8 Å². The molecule has 1 aliphatic rings. The molecule has 0 aliphatic carbocycles. The zero-order valence-corrected chi connectivity index (χ0v) is 15.9. The van der Waals surface area contributed by atoms with Crippen LogP contribution in [0.5, 0.6) is 0 Å². The molecule has 0 radical (unpaired) electrons. The Morgan fingerprint density at radius 1 is 1.04 bits per heavy atom. The van der Waals surface area contributed by atoms with Gasteiger partial charge in [-0.15, -0.1) is 11.8 Å². The van der Waals surface area contributed by atoms with Crippen LogP contribution in [-0.4, -0.2) is 41.6 Å². The number of piperidine rings is 1. The van der Waals surface area contributed by atoms with Gasteiger partial charge in [-0.2, -0.15) is 0 Å². The summed E-state index contributed by atoms with van der Waals surface area (Å²) in [5.41, 5.74) is 0.661. The molecule has 2 aromatic carbocycles. The maximum absolute atomic E-state index is 12.9. The number of rotatable bonds is 6. The maximum Gasteiger partial charge on any atom is 0.251 e. The molecule has 0 unspecified atom stereocenters. The Morgan fingerprint density at radius 2 is 1.70 bits per heavy atom. The summed E-state index contributed by atoms with van der Waals surface area (Å²) >= 11 is 1.56. The molecule has 0 aromatic heterocycles. The van der Waals surface area contributed by atoms with Crippen molar-refractivity contribution in [3.05, 3.63) is 66.0 Å². The lowest BCUT2D eigenvalue weighted by Crippen LogP contribution is -2.46. The van der Waals surface area contributed by atoms with Crippen molar-refractivity contribution in [1.82, 2.24) is 10.2 Å². The van der Waals surface area contributed by atoms with E-state index in [1.807, 2.05) is 23.1 Å². The third-order valence-corrected chi connectivity index (χ3v) is 5.63. The first-order chi connectivity index (χ1) is 13.1. The number of hydrogen-bond acceptors (Lipinski definition) is 3. The highest BCUT2D eigenvalue weighted by atomic mass is 32.2. The zero-order chi connectivity index (χ0) is 19.1. The van der Waals surface area contributed by atoms with E-state index >= 15 is 0 Å². The van der Waals surface area contributed by atoms with Crippen molar-refractivity contribution >= 4 is 23.6 Å². The Balaban J connectivity index is 1.37. The number of carbonyl (C=O) groups excluding carboxylic acids is 2. The number of halogens is 1. The molecule has 0 saturated carbocycles. The molecule has 1 fully saturated rings. The van der Waals surface area contributed by atoms with Gasteiger partial charge in [0.15, 0.2) is 0 Å². The van der Waals surface area contributed by atoms with E-state index in [-0.39, 0.29) is 23.7 Å². The second-order valence-electron chi connectivity index (χ2n) is 6.55. The summed E-state index contributed by atoms with van der Waals surface area (Å²) in [5, 5.41) is 3.05. The molecule has 1 aliphatic heterocycles. The summed E-state index contributed by atoms with van der Waals surface area (Å²) in [5.74, 6) is 0.501. The lowest BCUT2D eigenvalue weighted by atomic mass is 10.0. The molecular formula is C21H23FN2O2S. The van der Waals surface area contributed by atoms with Gasteiger partial charge in [0.2, 0.25) is 5.91 Å². The average molecular weight is 386 g/mol. The van der Waals surface area contributed by atoms with Crippen molar-refractivity contribution in [1.29, 1.82) is 0 Å². The first-order valence-electron chi connectivity index (χ1n) is 9.14. The van der Waals surface area contributed by atoms with Crippen molar-refractivity contribution < 1.29 is 14.0 Å². The summed E-state index contributed by atoms with van der Waals surface area (Å²) in [6, 6.07) is 15.6. The van der Waals surface area contributed by atoms with E-state index in [2.05, 4.69) is 5.32 Å². The van der Waals surface area contributed by atoms with E-state index in [0.29, 0.717) is 30.8 Å². The smallest absolute Gasteiger partial charge is 0.251 e. The van der Waals surface area contributed by atoms with E-state index in [9.17, 15) is 14.0 Å². The molecule has 6 heteroatoms. The molecule has 0 spiro atoms. The summed E-state index contributed by atoms with van der Waals surface area (Å²) < 4.78 is 12.9. The highest BCUT2D eigenvalue weighted by Crippen LogP contribution is 2.20. The molecule has 1 saturated heterocycles. The molecular weight excluding hydrogens is 363 g/mol. The minimum Gasteiger partial charge on any atom is -0.349 e. The third kappa shape index (κ3) is 5.82. The number of carbonyl (C=O) groups is 2. The number of benzene rings is 2. The minimum atomic E-state index is -0.252. The summed E-state index contributed by atoms with van der Waals surface area (Å²) in [4.78, 5) is 27.4.